The van der Waals surface area contributed by atoms with E-state index in [9.17, 15) is 14.7 Å². The lowest BCUT2D eigenvalue weighted by Crippen LogP contribution is -2.49. The molecule has 0 heterocycles. The van der Waals surface area contributed by atoms with Crippen LogP contribution in [0, 0.1) is 11.8 Å². The Labute approximate surface area is 120 Å². The highest BCUT2D eigenvalue weighted by Gasteiger charge is 2.30. The van der Waals surface area contributed by atoms with E-state index in [4.69, 9.17) is 5.11 Å². The summed E-state index contributed by atoms with van der Waals surface area (Å²) in [5.74, 6) is -0.809. The van der Waals surface area contributed by atoms with Gasteiger partial charge in [0.1, 0.15) is 0 Å². The Morgan fingerprint density at radius 2 is 1.85 bits per heavy atom. The van der Waals surface area contributed by atoms with Gasteiger partial charge in [0, 0.05) is 5.92 Å². The first kappa shape index (κ1) is 17.0. The van der Waals surface area contributed by atoms with Crippen LogP contribution >= 0.6 is 0 Å². The fourth-order valence-corrected chi connectivity index (χ4v) is 2.87. The van der Waals surface area contributed by atoms with Crippen molar-refractivity contribution in [3.8, 4) is 0 Å². The summed E-state index contributed by atoms with van der Waals surface area (Å²) in [5.41, 5.74) is 0. The molecule has 116 valence electrons. The van der Waals surface area contributed by atoms with E-state index in [2.05, 4.69) is 12.2 Å². The van der Waals surface area contributed by atoms with Crippen molar-refractivity contribution in [3.63, 3.8) is 0 Å². The van der Waals surface area contributed by atoms with E-state index in [-0.39, 0.29) is 11.8 Å². The minimum Gasteiger partial charge on any atom is -0.480 e. The molecule has 0 bridgehead atoms. The van der Waals surface area contributed by atoms with Crippen LogP contribution in [0.25, 0.3) is 0 Å². The third-order valence-corrected chi connectivity index (χ3v) is 4.23. The largest absolute Gasteiger partial charge is 0.480 e. The number of carbonyl (C=O) groups is 2. The molecule has 5 heteroatoms. The van der Waals surface area contributed by atoms with Crippen molar-refractivity contribution in [1.82, 2.24) is 5.32 Å². The van der Waals surface area contributed by atoms with Crippen molar-refractivity contribution in [2.24, 2.45) is 11.8 Å². The summed E-state index contributed by atoms with van der Waals surface area (Å²) >= 11 is 0. The van der Waals surface area contributed by atoms with Gasteiger partial charge in [-0.1, -0.05) is 26.2 Å². The van der Waals surface area contributed by atoms with Crippen LogP contribution in [-0.2, 0) is 9.59 Å². The quantitative estimate of drug-likeness (QED) is 0.667. The molecule has 20 heavy (non-hydrogen) atoms. The number of hydrogen-bond acceptors (Lipinski definition) is 3. The number of amides is 1. The van der Waals surface area contributed by atoms with E-state index < -0.39 is 18.1 Å². The Kier molecular flexibility index (Phi) is 6.99. The summed E-state index contributed by atoms with van der Waals surface area (Å²) in [6.07, 6.45) is 6.33. The topological polar surface area (TPSA) is 86.6 Å². The second-order valence-electron chi connectivity index (χ2n) is 5.92. The molecule has 1 amide bonds. The second-order valence-corrected chi connectivity index (χ2v) is 5.92. The van der Waals surface area contributed by atoms with Gasteiger partial charge in [-0.15, -0.1) is 0 Å². The van der Waals surface area contributed by atoms with Crippen molar-refractivity contribution in [1.29, 1.82) is 0 Å². The van der Waals surface area contributed by atoms with Crippen LogP contribution in [0.3, 0.4) is 0 Å². The summed E-state index contributed by atoms with van der Waals surface area (Å²) in [6, 6.07) is -1.21. The Bertz CT molecular complexity index is 322. The number of rotatable bonds is 7. The van der Waals surface area contributed by atoms with Crippen LogP contribution in [0.1, 0.15) is 58.8 Å². The average Bonchev–Trinajstić information content (AvgIpc) is 2.42. The van der Waals surface area contributed by atoms with E-state index in [0.29, 0.717) is 5.92 Å². The van der Waals surface area contributed by atoms with E-state index in [1.165, 1.54) is 26.2 Å². The van der Waals surface area contributed by atoms with E-state index in [1.54, 1.807) is 0 Å². The zero-order chi connectivity index (χ0) is 15.1. The summed E-state index contributed by atoms with van der Waals surface area (Å²) in [7, 11) is 0. The monoisotopic (exact) mass is 285 g/mol. The van der Waals surface area contributed by atoms with Gasteiger partial charge < -0.3 is 15.5 Å². The minimum atomic E-state index is -1.21. The maximum absolute atomic E-state index is 12.1. The molecule has 0 aromatic carbocycles. The van der Waals surface area contributed by atoms with Crippen molar-refractivity contribution >= 4 is 11.9 Å². The van der Waals surface area contributed by atoms with E-state index >= 15 is 0 Å². The van der Waals surface area contributed by atoms with Gasteiger partial charge in [0.25, 0.3) is 0 Å². The Hall–Kier alpha value is -1.10. The Balaban J connectivity index is 2.40. The van der Waals surface area contributed by atoms with Gasteiger partial charge in [-0.2, -0.15) is 0 Å². The van der Waals surface area contributed by atoms with Crippen molar-refractivity contribution in [2.45, 2.75) is 70.9 Å². The van der Waals surface area contributed by atoms with Gasteiger partial charge >= 0.3 is 5.97 Å². The molecule has 1 rings (SSSR count). The highest BCUT2D eigenvalue weighted by atomic mass is 16.4. The molecule has 0 radical (unpaired) electrons. The number of carboxylic acid groups (broad SMARTS) is 1. The summed E-state index contributed by atoms with van der Waals surface area (Å²) < 4.78 is 0. The predicted molar refractivity (Wildman–Crippen MR) is 76.2 cm³/mol. The molecule has 1 saturated carbocycles. The number of unbranched alkanes of at least 4 members (excludes halogenated alkanes) is 1. The number of aliphatic carboxylic acids is 1. The number of carbonyl (C=O) groups excluding carboxylic acids is 1. The number of carboxylic acids is 1. The Morgan fingerprint density at radius 3 is 2.30 bits per heavy atom. The number of hydrogen-bond donors (Lipinski definition) is 3. The normalized spacial score (nSPS) is 25.8. The van der Waals surface area contributed by atoms with Crippen molar-refractivity contribution in [2.75, 3.05) is 0 Å². The molecule has 0 aromatic heterocycles. The maximum atomic E-state index is 12.1. The SMILES string of the molecule is CCCCC1CCC(C(=O)NC(C(=O)O)C(C)O)CC1. The molecule has 2 unspecified atom stereocenters. The molecule has 0 saturated heterocycles. The third-order valence-electron chi connectivity index (χ3n) is 4.23. The number of aliphatic hydroxyl groups is 1. The molecular formula is C15H27NO4. The lowest BCUT2D eigenvalue weighted by atomic mass is 9.79. The number of nitrogens with one attached hydrogen (secondary N) is 1. The Morgan fingerprint density at radius 1 is 1.25 bits per heavy atom. The van der Waals surface area contributed by atoms with Crippen LogP contribution in [0.4, 0.5) is 0 Å². The number of aliphatic hydroxyl groups excluding tert-OH is 1. The van der Waals surface area contributed by atoms with Crippen molar-refractivity contribution in [3.05, 3.63) is 0 Å². The first-order chi connectivity index (χ1) is 9.45. The highest BCUT2D eigenvalue weighted by molar-refractivity contribution is 5.85. The van der Waals surface area contributed by atoms with E-state index in [0.717, 1.165) is 25.7 Å². The van der Waals surface area contributed by atoms with Crippen LogP contribution < -0.4 is 5.32 Å². The highest BCUT2D eigenvalue weighted by Crippen LogP contribution is 2.32. The van der Waals surface area contributed by atoms with Gasteiger partial charge in [-0.25, -0.2) is 4.79 Å². The van der Waals surface area contributed by atoms with Gasteiger partial charge in [0.2, 0.25) is 5.91 Å². The van der Waals surface area contributed by atoms with Gasteiger partial charge in [0.15, 0.2) is 6.04 Å². The minimum absolute atomic E-state index is 0.103. The average molecular weight is 285 g/mol. The van der Waals surface area contributed by atoms with Crippen LogP contribution in [-0.4, -0.2) is 34.2 Å². The summed E-state index contributed by atoms with van der Waals surface area (Å²) in [5, 5.41) is 20.8. The van der Waals surface area contributed by atoms with Crippen LogP contribution in [0.2, 0.25) is 0 Å². The molecule has 1 aliphatic carbocycles. The zero-order valence-electron chi connectivity index (χ0n) is 12.5. The zero-order valence-corrected chi connectivity index (χ0v) is 12.5. The fraction of sp³-hybridized carbons (Fsp3) is 0.867. The summed E-state index contributed by atoms with van der Waals surface area (Å²) in [6.45, 7) is 3.56. The van der Waals surface area contributed by atoms with Crippen LogP contribution in [0.5, 0.6) is 0 Å². The molecule has 0 aliphatic heterocycles. The molecular weight excluding hydrogens is 258 g/mol. The van der Waals surface area contributed by atoms with Crippen LogP contribution in [0.15, 0.2) is 0 Å². The molecule has 1 aliphatic rings. The standard InChI is InChI=1S/C15H27NO4/c1-3-4-5-11-6-8-12(9-7-11)14(18)16-13(10(2)17)15(19)20/h10-13,17H,3-9H2,1-2H3,(H,16,18)(H,19,20). The smallest absolute Gasteiger partial charge is 0.328 e. The molecule has 0 spiro atoms. The van der Waals surface area contributed by atoms with Gasteiger partial charge in [-0.05, 0) is 38.5 Å². The van der Waals surface area contributed by atoms with E-state index in [1.807, 2.05) is 0 Å². The molecule has 0 aromatic rings. The molecule has 2 atom stereocenters. The molecule has 5 nitrogen and oxygen atoms in total. The third kappa shape index (κ3) is 5.12. The first-order valence-corrected chi connectivity index (χ1v) is 7.67. The fourth-order valence-electron chi connectivity index (χ4n) is 2.87. The maximum Gasteiger partial charge on any atom is 0.328 e. The molecule has 3 N–H and O–H groups in total. The first-order valence-electron chi connectivity index (χ1n) is 7.67. The predicted octanol–water partition coefficient (Wildman–Crippen LogP) is 1.93. The summed E-state index contributed by atoms with van der Waals surface area (Å²) in [4.78, 5) is 23.0. The van der Waals surface area contributed by atoms with Gasteiger partial charge in [-0.3, -0.25) is 4.79 Å². The van der Waals surface area contributed by atoms with Crippen molar-refractivity contribution < 1.29 is 19.8 Å². The lowest BCUT2D eigenvalue weighted by Gasteiger charge is -2.29. The molecule has 1 fully saturated rings. The second kappa shape index (κ2) is 8.25. The lowest BCUT2D eigenvalue weighted by molar-refractivity contribution is -0.145. The van der Waals surface area contributed by atoms with Gasteiger partial charge in [0.05, 0.1) is 6.10 Å².